The molecular weight excluding hydrogens is 263 g/mol. The van der Waals surface area contributed by atoms with Crippen LogP contribution < -0.4 is 51.9 Å². The quantitative estimate of drug-likeness (QED) is 0.132. The van der Waals surface area contributed by atoms with Gasteiger partial charge >= 0.3 is 35.5 Å². The van der Waals surface area contributed by atoms with E-state index in [9.17, 15) is 14.7 Å². The maximum Gasteiger partial charge on any atom is 1.00 e. The molecule has 0 aliphatic rings. The molecule has 0 heterocycles. The van der Waals surface area contributed by atoms with Gasteiger partial charge in [-0.25, -0.2) is 0 Å². The first-order chi connectivity index (χ1) is 8.32. The third-order valence-corrected chi connectivity index (χ3v) is 2.04. The van der Waals surface area contributed by atoms with Gasteiger partial charge < -0.3 is 31.8 Å². The minimum absolute atomic E-state index is 0. The number of carbonyl (C=O) groups excluding carboxylic acids is 2. The Hall–Kier alpha value is -0.830. The van der Waals surface area contributed by atoms with Crippen LogP contribution in [0.15, 0.2) is 4.99 Å². The number of hydrogen-bond donors (Lipinski definition) is 3. The van der Waals surface area contributed by atoms with Crippen molar-refractivity contribution in [2.24, 2.45) is 22.2 Å². The van der Waals surface area contributed by atoms with Crippen LogP contribution in [0.5, 0.6) is 0 Å². The van der Waals surface area contributed by atoms with E-state index in [2.05, 4.69) is 4.99 Å². The fraction of sp³-hybridized carbons (Fsp3) is 0.700. The van der Waals surface area contributed by atoms with Gasteiger partial charge in [0.2, 0.25) is 0 Å². The molecule has 19 heavy (non-hydrogen) atoms. The smallest absolute Gasteiger partial charge is 0.550 e. The van der Waals surface area contributed by atoms with Gasteiger partial charge in [-0.1, -0.05) is 0 Å². The molecule has 0 saturated carbocycles. The molecule has 0 aromatic rings. The summed E-state index contributed by atoms with van der Waals surface area (Å²) in [4.78, 5) is 25.4. The van der Waals surface area contributed by atoms with Gasteiger partial charge in [0.05, 0.1) is 0 Å². The topological polar surface area (TPSA) is 157 Å². The van der Waals surface area contributed by atoms with Crippen LogP contribution in [0.3, 0.4) is 0 Å². The third kappa shape index (κ3) is 12.0. The Balaban J connectivity index is 0. The Morgan fingerprint density at radius 3 is 2.42 bits per heavy atom. The van der Waals surface area contributed by atoms with E-state index in [1.165, 1.54) is 6.92 Å². The van der Waals surface area contributed by atoms with Crippen molar-refractivity contribution >= 4 is 17.9 Å². The predicted octanol–water partition coefficient (Wildman–Crippen LogP) is -5.56. The number of carbonyl (C=O) groups is 2. The number of carboxylic acids is 1. The zero-order valence-electron chi connectivity index (χ0n) is 11.3. The van der Waals surface area contributed by atoms with E-state index in [-0.39, 0.29) is 41.9 Å². The molecule has 0 rings (SSSR count). The molecule has 2 atom stereocenters. The predicted molar refractivity (Wildman–Crippen MR) is 63.1 cm³/mol. The van der Waals surface area contributed by atoms with Crippen molar-refractivity contribution in [3.63, 3.8) is 0 Å². The Kier molecular flexibility index (Phi) is 11.9. The van der Waals surface area contributed by atoms with Gasteiger partial charge in [0.1, 0.15) is 12.1 Å². The van der Waals surface area contributed by atoms with Crippen molar-refractivity contribution in [2.75, 3.05) is 6.54 Å². The molecule has 0 fully saturated rings. The summed E-state index contributed by atoms with van der Waals surface area (Å²) >= 11 is 0. The van der Waals surface area contributed by atoms with Gasteiger partial charge in [0.25, 0.3) is 0 Å². The van der Waals surface area contributed by atoms with Crippen LogP contribution >= 0.6 is 0 Å². The first-order valence-corrected chi connectivity index (χ1v) is 5.54. The van der Waals surface area contributed by atoms with E-state index in [1.54, 1.807) is 0 Å². The molecule has 0 saturated heterocycles. The van der Waals surface area contributed by atoms with Gasteiger partial charge in [-0.3, -0.25) is 9.79 Å². The number of hydrogen-bond acceptors (Lipinski definition) is 6. The minimum Gasteiger partial charge on any atom is -0.550 e. The zero-order valence-corrected chi connectivity index (χ0v) is 13.3. The van der Waals surface area contributed by atoms with Crippen molar-refractivity contribution in [1.82, 2.24) is 0 Å². The van der Waals surface area contributed by atoms with Crippen molar-refractivity contribution in [2.45, 2.75) is 38.3 Å². The largest absolute Gasteiger partial charge is 1.00 e. The number of aliphatic carboxylic acids is 1. The fourth-order valence-electron chi connectivity index (χ4n) is 1.20. The molecule has 8 nitrogen and oxygen atoms in total. The van der Waals surface area contributed by atoms with Crippen LogP contribution in [0, 0.1) is 0 Å². The van der Waals surface area contributed by atoms with Crippen molar-refractivity contribution < 1.29 is 49.0 Å². The maximum atomic E-state index is 11.4. The molecular formula is C10H19N4NaO4. The molecule has 104 valence electrons. The summed E-state index contributed by atoms with van der Waals surface area (Å²) in [6.07, 6.45) is -0.227. The van der Waals surface area contributed by atoms with Crippen LogP contribution in [0.4, 0.5) is 0 Å². The fourth-order valence-corrected chi connectivity index (χ4v) is 1.20. The summed E-state index contributed by atoms with van der Waals surface area (Å²) in [6.45, 7) is 1.83. The number of carboxylic acid groups (broad SMARTS) is 1. The number of rotatable bonds is 8. The van der Waals surface area contributed by atoms with Crippen LogP contribution in [0.25, 0.3) is 0 Å². The van der Waals surface area contributed by atoms with Crippen molar-refractivity contribution in [1.29, 1.82) is 0 Å². The van der Waals surface area contributed by atoms with E-state index in [4.69, 9.17) is 21.9 Å². The molecule has 6 N–H and O–H groups in total. The molecule has 9 heteroatoms. The van der Waals surface area contributed by atoms with Crippen LogP contribution in [0.1, 0.15) is 26.2 Å². The van der Waals surface area contributed by atoms with Gasteiger partial charge in [0, 0.05) is 18.9 Å². The van der Waals surface area contributed by atoms with Crippen molar-refractivity contribution in [3.8, 4) is 0 Å². The number of guanidine groups is 1. The monoisotopic (exact) mass is 282 g/mol. The zero-order chi connectivity index (χ0) is 14.1. The maximum absolute atomic E-state index is 11.4. The molecule has 0 aromatic heterocycles. The van der Waals surface area contributed by atoms with E-state index in [0.29, 0.717) is 19.4 Å². The van der Waals surface area contributed by atoms with Gasteiger partial charge in [-0.15, -0.1) is 0 Å². The van der Waals surface area contributed by atoms with E-state index in [1.807, 2.05) is 0 Å². The molecule has 0 aliphatic heterocycles. The Bertz CT molecular complexity index is 321. The summed E-state index contributed by atoms with van der Waals surface area (Å²) in [5, 5.41) is 10.3. The number of ether oxygens (including phenoxy) is 1. The summed E-state index contributed by atoms with van der Waals surface area (Å²) in [5.41, 5.74) is 15.8. The van der Waals surface area contributed by atoms with Crippen molar-refractivity contribution in [3.05, 3.63) is 0 Å². The standard InChI is InChI=1S/C10H20N4O4.Na/c1-6(5-8(15)16)18-9(17)7(11)3-2-4-14-10(12)13;/h6-7H,2-5,11H2,1H3,(H,15,16)(H4,12,13,14);/q;+1/p-1. The van der Waals surface area contributed by atoms with E-state index in [0.717, 1.165) is 0 Å². The molecule has 0 bridgehead atoms. The molecule has 2 unspecified atom stereocenters. The van der Waals surface area contributed by atoms with Gasteiger partial charge in [0.15, 0.2) is 5.96 Å². The molecule has 0 spiro atoms. The van der Waals surface area contributed by atoms with Crippen LogP contribution in [0.2, 0.25) is 0 Å². The minimum atomic E-state index is -1.28. The molecule has 0 radical (unpaired) electrons. The van der Waals surface area contributed by atoms with Gasteiger partial charge in [-0.2, -0.15) is 0 Å². The first kappa shape index (κ1) is 20.5. The number of aliphatic imine (C=N–C) groups is 1. The summed E-state index contributed by atoms with van der Waals surface area (Å²) in [6, 6.07) is -0.816. The molecule has 0 aromatic carbocycles. The summed E-state index contributed by atoms with van der Waals surface area (Å²) < 4.78 is 4.83. The number of esters is 1. The van der Waals surface area contributed by atoms with E-state index < -0.39 is 24.1 Å². The Morgan fingerprint density at radius 2 is 1.95 bits per heavy atom. The molecule has 0 aliphatic carbocycles. The molecule has 0 amide bonds. The number of nitrogens with zero attached hydrogens (tertiary/aromatic N) is 1. The summed E-state index contributed by atoms with van der Waals surface area (Å²) in [5.74, 6) is -1.95. The second-order valence-corrected chi connectivity index (χ2v) is 3.88. The second-order valence-electron chi connectivity index (χ2n) is 3.88. The Morgan fingerprint density at radius 1 is 1.37 bits per heavy atom. The average molecular weight is 282 g/mol. The average Bonchev–Trinajstić information content (AvgIpc) is 2.22. The van der Waals surface area contributed by atoms with Crippen LogP contribution in [-0.4, -0.2) is 36.6 Å². The normalized spacial score (nSPS) is 12.7. The van der Waals surface area contributed by atoms with Gasteiger partial charge in [-0.05, 0) is 19.8 Å². The van der Waals surface area contributed by atoms with E-state index >= 15 is 0 Å². The Labute approximate surface area is 134 Å². The second kappa shape index (κ2) is 11.0. The SMILES string of the molecule is CC(CC(=O)[O-])OC(=O)C(N)CCCN=C(N)N.[Na+]. The third-order valence-electron chi connectivity index (χ3n) is 2.04. The first-order valence-electron chi connectivity index (χ1n) is 5.54. The van der Waals surface area contributed by atoms with Crippen LogP contribution in [-0.2, 0) is 14.3 Å². The summed E-state index contributed by atoms with van der Waals surface area (Å²) in [7, 11) is 0. The number of nitrogens with two attached hydrogens (primary N) is 3.